The van der Waals surface area contributed by atoms with Crippen LogP contribution in [-0.4, -0.2) is 26.1 Å². The number of phenols is 1. The molecule has 2 aromatic carbocycles. The highest BCUT2D eigenvalue weighted by molar-refractivity contribution is 7.92. The molecule has 0 amide bonds. The highest BCUT2D eigenvalue weighted by Crippen LogP contribution is 2.36. The van der Waals surface area contributed by atoms with Gasteiger partial charge in [0.1, 0.15) is 11.5 Å². The number of hydrogen-bond acceptors (Lipinski definition) is 5. The predicted molar refractivity (Wildman–Crippen MR) is 86.4 cm³/mol. The van der Waals surface area contributed by atoms with E-state index in [4.69, 9.17) is 4.74 Å². The summed E-state index contributed by atoms with van der Waals surface area (Å²) in [5.41, 5.74) is -5.28. The van der Waals surface area contributed by atoms with Crippen LogP contribution in [-0.2, 0) is 9.84 Å². The maximum Gasteiger partial charge on any atom is 0.501 e. The number of nitrogens with one attached hydrogen (secondary N) is 1. The maximum absolute atomic E-state index is 12.9. The number of rotatable bonds is 5. The van der Waals surface area contributed by atoms with Gasteiger partial charge in [-0.25, -0.2) is 8.42 Å². The van der Waals surface area contributed by atoms with Crippen LogP contribution in [0.3, 0.4) is 0 Å². The van der Waals surface area contributed by atoms with E-state index in [0.717, 1.165) is 6.07 Å². The third kappa shape index (κ3) is 3.81. The average molecular weight is 375 g/mol. The number of aromatic hydroxyl groups is 1. The number of methoxy groups -OCH3 is 1. The Bertz CT molecular complexity index is 866. The zero-order valence-corrected chi connectivity index (χ0v) is 14.1. The summed E-state index contributed by atoms with van der Waals surface area (Å²) >= 11 is 0. The molecule has 0 heterocycles. The second-order valence-electron chi connectivity index (χ2n) is 5.24. The van der Waals surface area contributed by atoms with Crippen molar-refractivity contribution in [1.82, 2.24) is 0 Å². The zero-order valence-electron chi connectivity index (χ0n) is 13.3. The van der Waals surface area contributed by atoms with Crippen LogP contribution in [0.25, 0.3) is 0 Å². The lowest BCUT2D eigenvalue weighted by Gasteiger charge is -2.20. The highest BCUT2D eigenvalue weighted by atomic mass is 32.2. The third-order valence-electron chi connectivity index (χ3n) is 3.55. The lowest BCUT2D eigenvalue weighted by atomic mass is 10.1. The zero-order chi connectivity index (χ0) is 18.8. The molecule has 2 aromatic rings. The van der Waals surface area contributed by atoms with Gasteiger partial charge in [-0.15, -0.1) is 0 Å². The lowest BCUT2D eigenvalue weighted by Crippen LogP contribution is -2.24. The average Bonchev–Trinajstić information content (AvgIpc) is 2.54. The fourth-order valence-corrected chi connectivity index (χ4v) is 3.19. The van der Waals surface area contributed by atoms with Gasteiger partial charge in [0.25, 0.3) is 9.84 Å². The number of benzene rings is 2. The summed E-state index contributed by atoms with van der Waals surface area (Å²) < 4.78 is 67.1. The van der Waals surface area contributed by atoms with Crippen LogP contribution in [0.5, 0.6) is 11.5 Å². The Morgan fingerprint density at radius 3 is 2.40 bits per heavy atom. The van der Waals surface area contributed by atoms with Crippen molar-refractivity contribution in [3.05, 3.63) is 48.0 Å². The van der Waals surface area contributed by atoms with Gasteiger partial charge >= 0.3 is 5.51 Å². The minimum atomic E-state index is -5.51. The van der Waals surface area contributed by atoms with E-state index in [-0.39, 0.29) is 11.4 Å². The summed E-state index contributed by atoms with van der Waals surface area (Å²) in [7, 11) is -4.08. The molecule has 0 saturated heterocycles. The third-order valence-corrected chi connectivity index (χ3v) is 5.10. The molecule has 0 radical (unpaired) electrons. The van der Waals surface area contributed by atoms with Gasteiger partial charge in [0.05, 0.1) is 23.7 Å². The van der Waals surface area contributed by atoms with E-state index >= 15 is 0 Å². The van der Waals surface area contributed by atoms with Crippen molar-refractivity contribution in [3.63, 3.8) is 0 Å². The van der Waals surface area contributed by atoms with Gasteiger partial charge in [0, 0.05) is 5.56 Å². The fraction of sp³-hybridized carbons (Fsp3) is 0.250. The lowest BCUT2D eigenvalue weighted by molar-refractivity contribution is -0.0435. The van der Waals surface area contributed by atoms with Crippen LogP contribution in [0.2, 0.25) is 0 Å². The molecule has 2 rings (SSSR count). The Morgan fingerprint density at radius 1 is 1.16 bits per heavy atom. The van der Waals surface area contributed by atoms with Crippen molar-refractivity contribution < 1.29 is 31.4 Å². The van der Waals surface area contributed by atoms with Crippen molar-refractivity contribution in [3.8, 4) is 11.5 Å². The summed E-state index contributed by atoms with van der Waals surface area (Å²) in [6.45, 7) is 1.57. The Morgan fingerprint density at radius 2 is 1.80 bits per heavy atom. The summed E-state index contributed by atoms with van der Waals surface area (Å²) in [5, 5.41) is 12.6. The van der Waals surface area contributed by atoms with E-state index in [2.05, 4.69) is 5.32 Å². The molecule has 1 unspecified atom stereocenters. The van der Waals surface area contributed by atoms with Gasteiger partial charge in [-0.1, -0.05) is 12.1 Å². The smallest absolute Gasteiger partial charge is 0.501 e. The molecule has 9 heteroatoms. The standard InChI is InChI=1S/C16H16F3NO4S/c1-10(12-9-11(24-2)7-8-14(12)21)20-13-5-3-4-6-15(13)25(22,23)16(17,18)19/h3-10,20-21H,1-2H3. The summed E-state index contributed by atoms with van der Waals surface area (Å²) in [6.07, 6.45) is 0. The van der Waals surface area contributed by atoms with Crippen molar-refractivity contribution in [1.29, 1.82) is 0 Å². The van der Waals surface area contributed by atoms with Crippen molar-refractivity contribution in [2.45, 2.75) is 23.4 Å². The van der Waals surface area contributed by atoms with Gasteiger partial charge in [-0.2, -0.15) is 13.2 Å². The Balaban J connectivity index is 2.43. The summed E-state index contributed by atoms with van der Waals surface area (Å²) in [6, 6.07) is 8.45. The van der Waals surface area contributed by atoms with E-state index in [1.165, 1.54) is 43.5 Å². The van der Waals surface area contributed by atoms with Crippen LogP contribution in [0.4, 0.5) is 18.9 Å². The minimum Gasteiger partial charge on any atom is -0.508 e. The molecular weight excluding hydrogens is 359 g/mol. The number of hydrogen-bond donors (Lipinski definition) is 2. The molecule has 0 aromatic heterocycles. The molecule has 0 aliphatic carbocycles. The van der Waals surface area contributed by atoms with E-state index in [1.807, 2.05) is 0 Å². The van der Waals surface area contributed by atoms with Crippen LogP contribution >= 0.6 is 0 Å². The van der Waals surface area contributed by atoms with Gasteiger partial charge in [0.15, 0.2) is 0 Å². The molecule has 2 N–H and O–H groups in total. The molecule has 0 spiro atoms. The molecular formula is C16H16F3NO4S. The number of halogens is 3. The molecule has 0 aliphatic heterocycles. The second kappa shape index (κ2) is 6.83. The Kier molecular flexibility index (Phi) is 5.17. The first kappa shape index (κ1) is 18.9. The van der Waals surface area contributed by atoms with E-state index < -0.39 is 26.3 Å². The monoisotopic (exact) mass is 375 g/mol. The fourth-order valence-electron chi connectivity index (χ4n) is 2.26. The predicted octanol–water partition coefficient (Wildman–Crippen LogP) is 3.87. The summed E-state index contributed by atoms with van der Waals surface area (Å²) in [4.78, 5) is -0.878. The quantitative estimate of drug-likeness (QED) is 0.830. The van der Waals surface area contributed by atoms with Gasteiger partial charge in [-0.05, 0) is 37.3 Å². The normalized spacial score (nSPS) is 13.3. The van der Waals surface area contributed by atoms with Gasteiger partial charge in [-0.3, -0.25) is 0 Å². The molecule has 1 atom stereocenters. The van der Waals surface area contributed by atoms with Crippen LogP contribution in [0.1, 0.15) is 18.5 Å². The Labute approximate surface area is 143 Å². The number of alkyl halides is 3. The first-order valence-electron chi connectivity index (χ1n) is 7.11. The van der Waals surface area contributed by atoms with Crippen LogP contribution in [0.15, 0.2) is 47.4 Å². The number of phenolic OH excluding ortho intramolecular Hbond substituents is 1. The highest BCUT2D eigenvalue weighted by Gasteiger charge is 2.48. The SMILES string of the molecule is COc1ccc(O)c(C(C)Nc2ccccc2S(=O)(=O)C(F)(F)F)c1. The second-order valence-corrected chi connectivity index (χ2v) is 7.15. The number of ether oxygens (including phenoxy) is 1. The van der Waals surface area contributed by atoms with E-state index in [1.54, 1.807) is 6.92 Å². The molecule has 0 aliphatic rings. The first-order valence-corrected chi connectivity index (χ1v) is 8.60. The first-order chi connectivity index (χ1) is 11.6. The number of anilines is 1. The largest absolute Gasteiger partial charge is 0.508 e. The van der Waals surface area contributed by atoms with Crippen LogP contribution in [0, 0.1) is 0 Å². The van der Waals surface area contributed by atoms with Gasteiger partial charge < -0.3 is 15.2 Å². The topological polar surface area (TPSA) is 75.6 Å². The molecule has 0 bridgehead atoms. The van der Waals surface area contributed by atoms with Gasteiger partial charge in [0.2, 0.25) is 0 Å². The number of sulfone groups is 1. The molecule has 136 valence electrons. The Hall–Kier alpha value is -2.42. The van der Waals surface area contributed by atoms with E-state index in [9.17, 15) is 26.7 Å². The van der Waals surface area contributed by atoms with Crippen molar-refractivity contribution in [2.24, 2.45) is 0 Å². The number of para-hydroxylation sites is 1. The van der Waals surface area contributed by atoms with Crippen molar-refractivity contribution >= 4 is 15.5 Å². The molecule has 25 heavy (non-hydrogen) atoms. The maximum atomic E-state index is 12.9. The summed E-state index contributed by atoms with van der Waals surface area (Å²) in [5.74, 6) is 0.342. The van der Waals surface area contributed by atoms with Crippen molar-refractivity contribution in [2.75, 3.05) is 12.4 Å². The molecule has 5 nitrogen and oxygen atoms in total. The van der Waals surface area contributed by atoms with E-state index in [0.29, 0.717) is 11.3 Å². The molecule has 0 saturated carbocycles. The molecule has 0 fully saturated rings. The van der Waals surface area contributed by atoms with Crippen LogP contribution < -0.4 is 10.1 Å². The minimum absolute atomic E-state index is 0.100.